The lowest BCUT2D eigenvalue weighted by Crippen LogP contribution is -2.12. The molecule has 1 N–H and O–H groups in total. The van der Waals surface area contributed by atoms with Crippen LogP contribution >= 0.6 is 23.2 Å². The number of rotatable bonds is 3. The minimum atomic E-state index is -1.28. The van der Waals surface area contributed by atoms with Crippen molar-refractivity contribution in [2.24, 2.45) is 0 Å². The molecule has 2 rings (SSSR count). The second-order valence-corrected chi connectivity index (χ2v) is 5.14. The summed E-state index contributed by atoms with van der Waals surface area (Å²) in [4.78, 5) is 12.2. The molecule has 0 radical (unpaired) electrons. The van der Waals surface area contributed by atoms with E-state index in [1.807, 2.05) is 19.1 Å². The van der Waals surface area contributed by atoms with Crippen LogP contribution in [0.25, 0.3) is 0 Å². The zero-order valence-corrected chi connectivity index (χ0v) is 11.7. The van der Waals surface area contributed by atoms with Crippen LogP contribution in [0.5, 0.6) is 0 Å². The molecule has 0 saturated carbocycles. The average Bonchev–Trinajstić information content (AvgIpc) is 2.38. The summed E-state index contributed by atoms with van der Waals surface area (Å²) in [6.45, 7) is 1.93. The number of halogens is 2. The van der Waals surface area contributed by atoms with Gasteiger partial charge in [0.2, 0.25) is 0 Å². The zero-order chi connectivity index (χ0) is 14.0. The molecular formula is C15H12Cl2O2. The third-order valence-corrected chi connectivity index (χ3v) is 3.40. The van der Waals surface area contributed by atoms with Crippen molar-refractivity contribution >= 4 is 29.0 Å². The Bertz CT molecular complexity index is 606. The molecule has 4 heteroatoms. The molecule has 0 fully saturated rings. The van der Waals surface area contributed by atoms with Crippen LogP contribution in [-0.4, -0.2) is 10.9 Å². The summed E-state index contributed by atoms with van der Waals surface area (Å²) in [6, 6.07) is 11.7. The fourth-order valence-corrected chi connectivity index (χ4v) is 2.25. The molecule has 0 aliphatic heterocycles. The van der Waals surface area contributed by atoms with Gasteiger partial charge in [0.15, 0.2) is 5.78 Å². The van der Waals surface area contributed by atoms with Gasteiger partial charge in [-0.05, 0) is 19.1 Å². The average molecular weight is 295 g/mol. The van der Waals surface area contributed by atoms with Crippen molar-refractivity contribution in [3.8, 4) is 0 Å². The first kappa shape index (κ1) is 14.1. The Morgan fingerprint density at radius 3 is 2.32 bits per heavy atom. The van der Waals surface area contributed by atoms with E-state index in [1.54, 1.807) is 24.3 Å². The number of aryl methyl sites for hydroxylation is 1. The molecule has 0 spiro atoms. The maximum absolute atomic E-state index is 12.2. The predicted octanol–water partition coefficient (Wildman–Crippen LogP) is 4.22. The minimum absolute atomic E-state index is 0.278. The highest BCUT2D eigenvalue weighted by atomic mass is 35.5. The zero-order valence-electron chi connectivity index (χ0n) is 10.2. The largest absolute Gasteiger partial charge is 0.380 e. The molecule has 0 saturated heterocycles. The number of ketones is 1. The van der Waals surface area contributed by atoms with Gasteiger partial charge in [-0.15, -0.1) is 0 Å². The summed E-state index contributed by atoms with van der Waals surface area (Å²) >= 11 is 11.8. The summed E-state index contributed by atoms with van der Waals surface area (Å²) in [7, 11) is 0. The van der Waals surface area contributed by atoms with Crippen molar-refractivity contribution in [1.82, 2.24) is 0 Å². The predicted molar refractivity (Wildman–Crippen MR) is 76.9 cm³/mol. The van der Waals surface area contributed by atoms with E-state index in [1.165, 1.54) is 6.07 Å². The first-order valence-corrected chi connectivity index (χ1v) is 6.48. The summed E-state index contributed by atoms with van der Waals surface area (Å²) in [5, 5.41) is 10.8. The SMILES string of the molecule is Cc1ccc(C(=O)C(O)c2ccc(Cl)cc2Cl)cc1. The van der Waals surface area contributed by atoms with E-state index in [9.17, 15) is 9.90 Å². The molecular weight excluding hydrogens is 283 g/mol. The molecule has 0 aromatic heterocycles. The topological polar surface area (TPSA) is 37.3 Å². The van der Waals surface area contributed by atoms with Crippen molar-refractivity contribution in [3.63, 3.8) is 0 Å². The number of hydrogen-bond donors (Lipinski definition) is 1. The van der Waals surface area contributed by atoms with Crippen molar-refractivity contribution in [2.75, 3.05) is 0 Å². The summed E-state index contributed by atoms with van der Waals surface area (Å²) in [5.74, 6) is -0.385. The number of hydrogen-bond acceptors (Lipinski definition) is 2. The lowest BCUT2D eigenvalue weighted by molar-refractivity contribution is 0.0747. The monoisotopic (exact) mass is 294 g/mol. The van der Waals surface area contributed by atoms with Gasteiger partial charge in [-0.3, -0.25) is 4.79 Å². The molecule has 98 valence electrons. The number of carbonyl (C=O) groups is 1. The molecule has 19 heavy (non-hydrogen) atoms. The molecule has 0 aliphatic rings. The van der Waals surface area contributed by atoms with Gasteiger partial charge in [-0.25, -0.2) is 0 Å². The van der Waals surface area contributed by atoms with Crippen LogP contribution in [-0.2, 0) is 0 Å². The van der Waals surface area contributed by atoms with Gasteiger partial charge in [0.1, 0.15) is 6.10 Å². The van der Waals surface area contributed by atoms with Crippen LogP contribution < -0.4 is 0 Å². The molecule has 0 aliphatic carbocycles. The second kappa shape index (κ2) is 5.74. The lowest BCUT2D eigenvalue weighted by atomic mass is 9.99. The highest BCUT2D eigenvalue weighted by Gasteiger charge is 2.21. The number of Topliss-reactive ketones (excluding diaryl/α,β-unsaturated/α-hetero) is 1. The number of aliphatic hydroxyl groups excluding tert-OH is 1. The van der Waals surface area contributed by atoms with Gasteiger partial charge < -0.3 is 5.11 Å². The third-order valence-electron chi connectivity index (χ3n) is 2.84. The normalized spacial score (nSPS) is 12.2. The number of benzene rings is 2. The molecule has 2 aromatic carbocycles. The van der Waals surface area contributed by atoms with E-state index in [0.29, 0.717) is 16.1 Å². The standard InChI is InChI=1S/C15H12Cl2O2/c1-9-2-4-10(5-3-9)14(18)15(19)12-7-6-11(16)8-13(12)17/h2-8,15,19H,1H3. The molecule has 2 aromatic rings. The Labute approximate surface area is 121 Å². The van der Waals surface area contributed by atoms with E-state index in [4.69, 9.17) is 23.2 Å². The van der Waals surface area contributed by atoms with Gasteiger partial charge in [0.25, 0.3) is 0 Å². The molecule has 0 bridgehead atoms. The van der Waals surface area contributed by atoms with E-state index < -0.39 is 6.10 Å². The Kier molecular flexibility index (Phi) is 4.25. The van der Waals surface area contributed by atoms with Crippen LogP contribution in [0.1, 0.15) is 27.6 Å². The lowest BCUT2D eigenvalue weighted by Gasteiger charge is -2.12. The van der Waals surface area contributed by atoms with Gasteiger partial charge >= 0.3 is 0 Å². The Morgan fingerprint density at radius 2 is 1.74 bits per heavy atom. The van der Waals surface area contributed by atoms with Crippen molar-refractivity contribution in [1.29, 1.82) is 0 Å². The van der Waals surface area contributed by atoms with E-state index in [0.717, 1.165) is 5.56 Å². The van der Waals surface area contributed by atoms with Crippen LogP contribution in [0.3, 0.4) is 0 Å². The van der Waals surface area contributed by atoms with Crippen molar-refractivity contribution in [2.45, 2.75) is 13.0 Å². The fourth-order valence-electron chi connectivity index (χ4n) is 1.74. The first-order chi connectivity index (χ1) is 8.99. The number of carbonyl (C=O) groups excluding carboxylic acids is 1. The molecule has 0 amide bonds. The Morgan fingerprint density at radius 1 is 1.11 bits per heavy atom. The van der Waals surface area contributed by atoms with Crippen LogP contribution in [0.2, 0.25) is 10.0 Å². The Hall–Kier alpha value is -1.35. The summed E-state index contributed by atoms with van der Waals surface area (Å²) in [5.41, 5.74) is 1.86. The van der Waals surface area contributed by atoms with E-state index in [-0.39, 0.29) is 10.8 Å². The van der Waals surface area contributed by atoms with E-state index in [2.05, 4.69) is 0 Å². The third kappa shape index (κ3) is 3.16. The molecule has 0 heterocycles. The smallest absolute Gasteiger partial charge is 0.195 e. The van der Waals surface area contributed by atoms with Gasteiger partial charge in [0, 0.05) is 21.2 Å². The molecule has 2 nitrogen and oxygen atoms in total. The highest BCUT2D eigenvalue weighted by molar-refractivity contribution is 6.35. The first-order valence-electron chi connectivity index (χ1n) is 5.73. The van der Waals surface area contributed by atoms with Crippen LogP contribution in [0, 0.1) is 6.92 Å². The van der Waals surface area contributed by atoms with Crippen LogP contribution in [0.15, 0.2) is 42.5 Å². The molecule has 1 unspecified atom stereocenters. The fraction of sp³-hybridized carbons (Fsp3) is 0.133. The van der Waals surface area contributed by atoms with Gasteiger partial charge in [-0.1, -0.05) is 59.1 Å². The second-order valence-electron chi connectivity index (χ2n) is 4.30. The van der Waals surface area contributed by atoms with Crippen molar-refractivity contribution in [3.05, 3.63) is 69.2 Å². The minimum Gasteiger partial charge on any atom is -0.380 e. The maximum Gasteiger partial charge on any atom is 0.195 e. The van der Waals surface area contributed by atoms with Gasteiger partial charge in [-0.2, -0.15) is 0 Å². The number of aliphatic hydroxyl groups is 1. The molecule has 1 atom stereocenters. The quantitative estimate of drug-likeness (QED) is 0.861. The van der Waals surface area contributed by atoms with E-state index >= 15 is 0 Å². The Balaban J connectivity index is 2.30. The summed E-state index contributed by atoms with van der Waals surface area (Å²) in [6.07, 6.45) is -1.28. The van der Waals surface area contributed by atoms with Gasteiger partial charge in [0.05, 0.1) is 0 Å². The van der Waals surface area contributed by atoms with Crippen LogP contribution in [0.4, 0.5) is 0 Å². The van der Waals surface area contributed by atoms with Crippen molar-refractivity contribution < 1.29 is 9.90 Å². The highest BCUT2D eigenvalue weighted by Crippen LogP contribution is 2.28. The maximum atomic E-state index is 12.2. The summed E-state index contributed by atoms with van der Waals surface area (Å²) < 4.78 is 0.